The summed E-state index contributed by atoms with van der Waals surface area (Å²) >= 11 is 5.67. The van der Waals surface area contributed by atoms with Crippen molar-refractivity contribution in [1.29, 1.82) is 0 Å². The largest absolute Gasteiger partial charge is 0.380 e. The van der Waals surface area contributed by atoms with Crippen molar-refractivity contribution in [3.63, 3.8) is 0 Å². The maximum atomic E-state index is 11.9. The molecule has 1 fully saturated rings. The minimum absolute atomic E-state index is 0.0127. The van der Waals surface area contributed by atoms with Gasteiger partial charge in [-0.15, -0.1) is 18.2 Å². The molecule has 0 heterocycles. The average Bonchev–Trinajstić information content (AvgIpc) is 2.24. The zero-order valence-corrected chi connectivity index (χ0v) is 8.57. The number of fused-ring (bicyclic) bond motifs is 2. The lowest BCUT2D eigenvalue weighted by Gasteiger charge is -2.45. The van der Waals surface area contributed by atoms with Gasteiger partial charge in [-0.25, -0.2) is 0 Å². The van der Waals surface area contributed by atoms with E-state index in [1.165, 1.54) is 0 Å². The number of aliphatic hydroxyl groups is 1. The van der Waals surface area contributed by atoms with Gasteiger partial charge < -0.3 is 5.11 Å². The van der Waals surface area contributed by atoms with Crippen molar-refractivity contribution >= 4 is 17.4 Å². The molecular formula is C11H13ClO2. The van der Waals surface area contributed by atoms with Crippen LogP contribution in [0.3, 0.4) is 0 Å². The number of allylic oxidation sites excluding steroid dienone is 2. The van der Waals surface area contributed by atoms with Crippen LogP contribution in [0.4, 0.5) is 0 Å². The SMILES string of the molecule is C=CC1CC2C=CC1C(=O)C2(O)CCl. The molecule has 0 aromatic heterocycles. The Kier molecular flexibility index (Phi) is 2.28. The van der Waals surface area contributed by atoms with E-state index in [0.717, 1.165) is 6.42 Å². The highest BCUT2D eigenvalue weighted by atomic mass is 35.5. The topological polar surface area (TPSA) is 37.3 Å². The Morgan fingerprint density at radius 1 is 1.71 bits per heavy atom. The number of halogens is 1. The lowest BCUT2D eigenvalue weighted by atomic mass is 9.61. The third kappa shape index (κ3) is 1.11. The van der Waals surface area contributed by atoms with Crippen molar-refractivity contribution in [2.24, 2.45) is 17.8 Å². The molecule has 0 spiro atoms. The van der Waals surface area contributed by atoms with E-state index >= 15 is 0 Å². The van der Waals surface area contributed by atoms with Crippen LogP contribution in [0.25, 0.3) is 0 Å². The fourth-order valence-electron chi connectivity index (χ4n) is 2.43. The summed E-state index contributed by atoms with van der Waals surface area (Å²) in [5.74, 6) is -0.347. The predicted molar refractivity (Wildman–Crippen MR) is 55.1 cm³/mol. The van der Waals surface area contributed by atoms with Gasteiger partial charge in [0, 0.05) is 11.8 Å². The van der Waals surface area contributed by atoms with Gasteiger partial charge in [0.25, 0.3) is 0 Å². The molecule has 0 amide bonds. The van der Waals surface area contributed by atoms with E-state index in [2.05, 4.69) is 6.58 Å². The molecule has 4 atom stereocenters. The van der Waals surface area contributed by atoms with Gasteiger partial charge in [-0.2, -0.15) is 0 Å². The molecule has 3 aliphatic rings. The van der Waals surface area contributed by atoms with E-state index in [9.17, 15) is 9.90 Å². The lowest BCUT2D eigenvalue weighted by Crippen LogP contribution is -2.57. The second-order valence-electron chi connectivity index (χ2n) is 4.07. The minimum atomic E-state index is -1.33. The summed E-state index contributed by atoms with van der Waals surface area (Å²) in [7, 11) is 0. The van der Waals surface area contributed by atoms with Crippen LogP contribution in [0.2, 0.25) is 0 Å². The Labute approximate surface area is 88.3 Å². The maximum Gasteiger partial charge on any atom is 0.173 e. The summed E-state index contributed by atoms with van der Waals surface area (Å²) < 4.78 is 0. The molecule has 4 unspecified atom stereocenters. The van der Waals surface area contributed by atoms with Gasteiger partial charge in [0.05, 0.1) is 5.88 Å². The molecule has 2 nitrogen and oxygen atoms in total. The summed E-state index contributed by atoms with van der Waals surface area (Å²) in [5, 5.41) is 10.1. The first-order chi connectivity index (χ1) is 6.63. The van der Waals surface area contributed by atoms with Crippen LogP contribution in [-0.4, -0.2) is 22.4 Å². The quantitative estimate of drug-likeness (QED) is 0.557. The molecule has 0 saturated heterocycles. The molecule has 76 valence electrons. The lowest BCUT2D eigenvalue weighted by molar-refractivity contribution is -0.149. The van der Waals surface area contributed by atoms with Gasteiger partial charge in [-0.05, 0) is 12.3 Å². The predicted octanol–water partition coefficient (Wildman–Crippen LogP) is 1.53. The summed E-state index contributed by atoms with van der Waals surface area (Å²) in [6.45, 7) is 3.71. The highest BCUT2D eigenvalue weighted by molar-refractivity contribution is 6.21. The molecule has 0 aromatic carbocycles. The van der Waals surface area contributed by atoms with Crippen LogP contribution in [-0.2, 0) is 4.79 Å². The van der Waals surface area contributed by atoms with Gasteiger partial charge in [0.15, 0.2) is 5.78 Å². The van der Waals surface area contributed by atoms with Crippen LogP contribution in [0.15, 0.2) is 24.8 Å². The Morgan fingerprint density at radius 3 is 2.93 bits per heavy atom. The molecule has 14 heavy (non-hydrogen) atoms. The van der Waals surface area contributed by atoms with E-state index in [0.29, 0.717) is 0 Å². The molecule has 3 heteroatoms. The van der Waals surface area contributed by atoms with E-state index < -0.39 is 5.60 Å². The molecule has 0 aliphatic heterocycles. The fraction of sp³-hybridized carbons (Fsp3) is 0.545. The van der Waals surface area contributed by atoms with Crippen LogP contribution in [0.5, 0.6) is 0 Å². The number of carbonyl (C=O) groups is 1. The zero-order chi connectivity index (χ0) is 10.3. The summed E-state index contributed by atoms with van der Waals surface area (Å²) in [6, 6.07) is 0. The standard InChI is InChI=1S/C11H13ClO2/c1-2-7-5-8-3-4-9(7)10(13)11(8,14)6-12/h2-4,7-9,14H,1,5-6H2. The van der Waals surface area contributed by atoms with Crippen molar-refractivity contribution < 1.29 is 9.90 Å². The molecular weight excluding hydrogens is 200 g/mol. The number of alkyl halides is 1. The summed E-state index contributed by atoms with van der Waals surface area (Å²) in [4.78, 5) is 11.9. The van der Waals surface area contributed by atoms with Crippen molar-refractivity contribution in [3.05, 3.63) is 24.8 Å². The first kappa shape index (κ1) is 9.94. The molecule has 1 saturated carbocycles. The third-order valence-electron chi connectivity index (χ3n) is 3.39. The van der Waals surface area contributed by atoms with Crippen LogP contribution < -0.4 is 0 Å². The van der Waals surface area contributed by atoms with E-state index in [1.54, 1.807) is 6.08 Å². The Hall–Kier alpha value is -0.600. The summed E-state index contributed by atoms with van der Waals surface area (Å²) in [6.07, 6.45) is 6.37. The highest BCUT2D eigenvalue weighted by Gasteiger charge is 2.53. The van der Waals surface area contributed by atoms with Gasteiger partial charge in [-0.1, -0.05) is 18.2 Å². The number of Topliss-reactive ketones (excluding diaryl/α,β-unsaturated/α-hetero) is 1. The molecule has 3 rings (SSSR count). The molecule has 3 aliphatic carbocycles. The molecule has 0 aromatic rings. The van der Waals surface area contributed by atoms with Crippen LogP contribution in [0, 0.1) is 17.8 Å². The molecule has 1 N–H and O–H groups in total. The molecule has 2 bridgehead atoms. The Morgan fingerprint density at radius 2 is 2.43 bits per heavy atom. The van der Waals surface area contributed by atoms with Crippen LogP contribution >= 0.6 is 11.6 Å². The van der Waals surface area contributed by atoms with Crippen molar-refractivity contribution in [2.45, 2.75) is 12.0 Å². The Balaban J connectivity index is 2.38. The fourth-order valence-corrected chi connectivity index (χ4v) is 2.76. The van der Waals surface area contributed by atoms with Gasteiger partial charge in [0.1, 0.15) is 5.60 Å². The molecule has 0 radical (unpaired) electrons. The minimum Gasteiger partial charge on any atom is -0.380 e. The third-order valence-corrected chi connectivity index (χ3v) is 3.79. The highest BCUT2D eigenvalue weighted by Crippen LogP contribution is 2.44. The maximum absolute atomic E-state index is 11.9. The van der Waals surface area contributed by atoms with Crippen molar-refractivity contribution in [3.8, 4) is 0 Å². The second-order valence-corrected chi connectivity index (χ2v) is 4.34. The van der Waals surface area contributed by atoms with E-state index in [-0.39, 0.29) is 29.4 Å². The number of rotatable bonds is 2. The average molecular weight is 213 g/mol. The van der Waals surface area contributed by atoms with Crippen LogP contribution in [0.1, 0.15) is 6.42 Å². The van der Waals surface area contributed by atoms with E-state index in [1.807, 2.05) is 12.2 Å². The number of carbonyl (C=O) groups excluding carboxylic acids is 1. The first-order valence-corrected chi connectivity index (χ1v) is 5.30. The van der Waals surface area contributed by atoms with E-state index in [4.69, 9.17) is 11.6 Å². The normalized spacial score (nSPS) is 45.6. The van der Waals surface area contributed by atoms with Crippen molar-refractivity contribution in [2.75, 3.05) is 5.88 Å². The first-order valence-electron chi connectivity index (χ1n) is 4.77. The number of hydrogen-bond donors (Lipinski definition) is 1. The second kappa shape index (κ2) is 3.21. The number of hydrogen-bond acceptors (Lipinski definition) is 2. The zero-order valence-electron chi connectivity index (χ0n) is 7.82. The number of ketones is 1. The monoisotopic (exact) mass is 212 g/mol. The van der Waals surface area contributed by atoms with Crippen molar-refractivity contribution in [1.82, 2.24) is 0 Å². The summed E-state index contributed by atoms with van der Waals surface area (Å²) in [5.41, 5.74) is -1.33. The smallest absolute Gasteiger partial charge is 0.173 e. The van der Waals surface area contributed by atoms with Gasteiger partial charge in [0.2, 0.25) is 0 Å². The van der Waals surface area contributed by atoms with Gasteiger partial charge in [-0.3, -0.25) is 4.79 Å². The Bertz CT molecular complexity index is 310. The van der Waals surface area contributed by atoms with Gasteiger partial charge >= 0.3 is 0 Å².